The van der Waals surface area contributed by atoms with Crippen molar-refractivity contribution in [2.45, 2.75) is 38.1 Å². The molecule has 0 atom stereocenters. The number of imide groups is 1. The Morgan fingerprint density at radius 3 is 2.52 bits per heavy atom. The minimum Gasteiger partial charge on any atom is -0.340 e. The number of nitrogens with one attached hydrogen (secondary N) is 1. The van der Waals surface area contributed by atoms with Gasteiger partial charge in [0.25, 0.3) is 17.7 Å². The van der Waals surface area contributed by atoms with E-state index in [9.17, 15) is 14.4 Å². The van der Waals surface area contributed by atoms with Crippen molar-refractivity contribution >= 4 is 17.7 Å². The summed E-state index contributed by atoms with van der Waals surface area (Å²) in [6, 6.07) is 4.85. The molecule has 0 radical (unpaired) electrons. The van der Waals surface area contributed by atoms with Crippen LogP contribution in [0.15, 0.2) is 18.2 Å². The van der Waals surface area contributed by atoms with Crippen LogP contribution in [-0.2, 0) is 0 Å². The summed E-state index contributed by atoms with van der Waals surface area (Å²) in [6.45, 7) is 1.27. The molecule has 0 unspecified atom stereocenters. The van der Waals surface area contributed by atoms with Gasteiger partial charge in [0, 0.05) is 31.7 Å². The molecule has 1 fully saturated rings. The Kier molecular flexibility index (Phi) is 5.18. The molecule has 134 valence electrons. The Balaban J connectivity index is 1.82. The second kappa shape index (κ2) is 7.35. The van der Waals surface area contributed by atoms with Crippen molar-refractivity contribution in [3.63, 3.8) is 0 Å². The van der Waals surface area contributed by atoms with Crippen molar-refractivity contribution in [2.75, 3.05) is 27.2 Å². The van der Waals surface area contributed by atoms with Crippen LogP contribution in [0.4, 0.5) is 0 Å². The molecule has 0 spiro atoms. The highest BCUT2D eigenvalue weighted by atomic mass is 16.2. The van der Waals surface area contributed by atoms with E-state index in [2.05, 4.69) is 5.32 Å². The zero-order valence-corrected chi connectivity index (χ0v) is 14.9. The van der Waals surface area contributed by atoms with Crippen molar-refractivity contribution in [3.05, 3.63) is 34.9 Å². The fraction of sp³-hybridized carbons (Fsp3) is 0.526. The lowest BCUT2D eigenvalue weighted by atomic mass is 9.94. The third-order valence-electron chi connectivity index (χ3n) is 5.15. The highest BCUT2D eigenvalue weighted by Gasteiger charge is 2.40. The minimum absolute atomic E-state index is 0.00129. The van der Waals surface area contributed by atoms with E-state index in [1.54, 1.807) is 30.1 Å². The molecule has 3 rings (SSSR count). The van der Waals surface area contributed by atoms with Gasteiger partial charge < -0.3 is 10.2 Å². The largest absolute Gasteiger partial charge is 0.340 e. The van der Waals surface area contributed by atoms with Gasteiger partial charge in [-0.3, -0.25) is 19.3 Å². The van der Waals surface area contributed by atoms with Gasteiger partial charge in [0.1, 0.15) is 0 Å². The Hall–Kier alpha value is -2.21. The maximum absolute atomic E-state index is 12.8. The van der Waals surface area contributed by atoms with Crippen LogP contribution in [0, 0.1) is 0 Å². The zero-order chi connectivity index (χ0) is 18.0. The molecule has 6 nitrogen and oxygen atoms in total. The number of hydrogen-bond acceptors (Lipinski definition) is 4. The van der Waals surface area contributed by atoms with Crippen molar-refractivity contribution in [1.29, 1.82) is 0 Å². The first-order valence-electron chi connectivity index (χ1n) is 8.96. The van der Waals surface area contributed by atoms with E-state index in [1.807, 2.05) is 7.05 Å². The number of likely N-dealkylation sites (N-methyl/N-ethyl adjacent to an activating group) is 2. The quantitative estimate of drug-likeness (QED) is 0.829. The van der Waals surface area contributed by atoms with Crippen molar-refractivity contribution < 1.29 is 14.4 Å². The second-order valence-electron chi connectivity index (χ2n) is 6.86. The number of nitrogens with zero attached hydrogens (tertiary/aromatic N) is 2. The zero-order valence-electron chi connectivity index (χ0n) is 14.9. The first-order chi connectivity index (χ1) is 12.0. The summed E-state index contributed by atoms with van der Waals surface area (Å²) in [5.41, 5.74) is 1.23. The summed E-state index contributed by atoms with van der Waals surface area (Å²) < 4.78 is 0. The molecule has 2 aliphatic rings. The molecule has 0 bridgehead atoms. The van der Waals surface area contributed by atoms with E-state index in [0.717, 1.165) is 32.1 Å². The van der Waals surface area contributed by atoms with Gasteiger partial charge in [-0.1, -0.05) is 19.3 Å². The molecule has 1 aromatic carbocycles. The predicted octanol–water partition coefficient (Wildman–Crippen LogP) is 1.91. The molecule has 1 aliphatic carbocycles. The molecular weight excluding hydrogens is 318 g/mol. The van der Waals surface area contributed by atoms with Crippen LogP contribution in [0.25, 0.3) is 0 Å². The summed E-state index contributed by atoms with van der Waals surface area (Å²) in [7, 11) is 3.56. The molecule has 25 heavy (non-hydrogen) atoms. The first-order valence-corrected chi connectivity index (χ1v) is 8.96. The van der Waals surface area contributed by atoms with Gasteiger partial charge in [-0.25, -0.2) is 0 Å². The summed E-state index contributed by atoms with van der Waals surface area (Å²) in [5.74, 6) is -0.608. The number of amides is 3. The molecule has 3 amide bonds. The van der Waals surface area contributed by atoms with Crippen LogP contribution < -0.4 is 5.32 Å². The maximum atomic E-state index is 12.8. The lowest BCUT2D eigenvalue weighted by Crippen LogP contribution is -2.40. The monoisotopic (exact) mass is 343 g/mol. The molecule has 0 aromatic heterocycles. The third kappa shape index (κ3) is 3.31. The third-order valence-corrected chi connectivity index (χ3v) is 5.15. The Morgan fingerprint density at radius 1 is 1.16 bits per heavy atom. The summed E-state index contributed by atoms with van der Waals surface area (Å²) in [6.07, 6.45) is 5.03. The van der Waals surface area contributed by atoms with Gasteiger partial charge in [0.05, 0.1) is 11.1 Å². The predicted molar refractivity (Wildman–Crippen MR) is 94.7 cm³/mol. The molecule has 1 aromatic rings. The summed E-state index contributed by atoms with van der Waals surface area (Å²) >= 11 is 0. The molecule has 1 N–H and O–H groups in total. The fourth-order valence-corrected chi connectivity index (χ4v) is 3.66. The SMILES string of the molecule is CNCCN(C)C(=O)c1ccc2c(c1)C(=O)N(C1CCCCC1)C2=O. The second-order valence-corrected chi connectivity index (χ2v) is 6.86. The average Bonchev–Trinajstić information content (AvgIpc) is 2.90. The van der Waals surface area contributed by atoms with E-state index >= 15 is 0 Å². The Bertz CT molecular complexity index is 695. The minimum atomic E-state index is -0.251. The highest BCUT2D eigenvalue weighted by molar-refractivity contribution is 6.22. The van der Waals surface area contributed by atoms with Crippen LogP contribution in [0.3, 0.4) is 0 Å². The highest BCUT2D eigenvalue weighted by Crippen LogP contribution is 2.31. The molecule has 0 saturated heterocycles. The van der Waals surface area contributed by atoms with Gasteiger partial charge in [-0.05, 0) is 38.1 Å². The lowest BCUT2D eigenvalue weighted by Gasteiger charge is -2.29. The summed E-state index contributed by atoms with van der Waals surface area (Å²) in [5, 5.41) is 3.00. The lowest BCUT2D eigenvalue weighted by molar-refractivity contribution is 0.0548. The molecular formula is C19H25N3O3. The van der Waals surface area contributed by atoms with E-state index in [4.69, 9.17) is 0 Å². The fourth-order valence-electron chi connectivity index (χ4n) is 3.66. The Morgan fingerprint density at radius 2 is 1.84 bits per heavy atom. The molecule has 6 heteroatoms. The first kappa shape index (κ1) is 17.6. The average molecular weight is 343 g/mol. The number of benzene rings is 1. The topological polar surface area (TPSA) is 69.7 Å². The number of carbonyl (C=O) groups excluding carboxylic acids is 3. The molecule has 1 aliphatic heterocycles. The van der Waals surface area contributed by atoms with Gasteiger partial charge >= 0.3 is 0 Å². The van der Waals surface area contributed by atoms with Crippen LogP contribution >= 0.6 is 0 Å². The number of rotatable bonds is 5. The normalized spacial score (nSPS) is 17.8. The van der Waals surface area contributed by atoms with E-state index in [0.29, 0.717) is 29.8 Å². The van der Waals surface area contributed by atoms with Crippen LogP contribution in [0.2, 0.25) is 0 Å². The van der Waals surface area contributed by atoms with E-state index < -0.39 is 0 Å². The molecule has 1 saturated carbocycles. The Labute approximate surface area is 148 Å². The van der Waals surface area contributed by atoms with Crippen molar-refractivity contribution in [2.24, 2.45) is 0 Å². The van der Waals surface area contributed by atoms with Gasteiger partial charge in [-0.15, -0.1) is 0 Å². The van der Waals surface area contributed by atoms with Gasteiger partial charge in [-0.2, -0.15) is 0 Å². The number of hydrogen-bond donors (Lipinski definition) is 1. The van der Waals surface area contributed by atoms with Gasteiger partial charge in [0.2, 0.25) is 0 Å². The number of fused-ring (bicyclic) bond motifs is 1. The maximum Gasteiger partial charge on any atom is 0.261 e. The van der Waals surface area contributed by atoms with E-state index in [1.165, 1.54) is 4.90 Å². The van der Waals surface area contributed by atoms with Crippen molar-refractivity contribution in [3.8, 4) is 0 Å². The van der Waals surface area contributed by atoms with Crippen LogP contribution in [0.1, 0.15) is 63.2 Å². The standard InChI is InChI=1S/C19H25N3O3/c1-20-10-11-21(2)17(23)13-8-9-15-16(12-13)19(25)22(18(15)24)14-6-4-3-5-7-14/h8-9,12,14,20H,3-7,10-11H2,1-2H3. The summed E-state index contributed by atoms with van der Waals surface area (Å²) in [4.78, 5) is 41.0. The van der Waals surface area contributed by atoms with Crippen LogP contribution in [0.5, 0.6) is 0 Å². The number of carbonyl (C=O) groups is 3. The smallest absolute Gasteiger partial charge is 0.261 e. The van der Waals surface area contributed by atoms with Gasteiger partial charge in [0.15, 0.2) is 0 Å². The molecule has 1 heterocycles. The van der Waals surface area contributed by atoms with Crippen molar-refractivity contribution in [1.82, 2.24) is 15.1 Å². The van der Waals surface area contributed by atoms with E-state index in [-0.39, 0.29) is 23.8 Å². The van der Waals surface area contributed by atoms with Crippen LogP contribution in [-0.4, -0.2) is 60.7 Å².